The Labute approximate surface area is 140 Å². The maximum absolute atomic E-state index is 12.2. The van der Waals surface area contributed by atoms with Crippen molar-refractivity contribution in [3.05, 3.63) is 94.4 Å². The summed E-state index contributed by atoms with van der Waals surface area (Å²) in [6, 6.07) is 21.1. The van der Waals surface area contributed by atoms with Crippen molar-refractivity contribution in [2.45, 2.75) is 13.0 Å². The van der Waals surface area contributed by atoms with Crippen LogP contribution in [0.25, 0.3) is 11.1 Å². The molecule has 0 aliphatic carbocycles. The van der Waals surface area contributed by atoms with Gasteiger partial charge < -0.3 is 10.3 Å². The minimum Gasteiger partial charge on any atom is -0.345 e. The molecule has 0 saturated heterocycles. The number of rotatable bonds is 4. The van der Waals surface area contributed by atoms with Crippen LogP contribution in [-0.2, 0) is 0 Å². The summed E-state index contributed by atoms with van der Waals surface area (Å²) in [6.07, 6.45) is 1.50. The van der Waals surface area contributed by atoms with Crippen LogP contribution < -0.4 is 10.9 Å². The van der Waals surface area contributed by atoms with E-state index in [2.05, 4.69) is 22.4 Å². The number of pyridine rings is 1. The summed E-state index contributed by atoms with van der Waals surface area (Å²) < 4.78 is 0. The zero-order valence-electron chi connectivity index (χ0n) is 13.3. The second-order valence-electron chi connectivity index (χ2n) is 5.60. The molecule has 4 heteroatoms. The number of aromatic amines is 1. The molecule has 0 spiro atoms. The Kier molecular flexibility index (Phi) is 4.57. The molecule has 1 atom stereocenters. The van der Waals surface area contributed by atoms with Crippen molar-refractivity contribution in [3.63, 3.8) is 0 Å². The molecule has 0 bridgehead atoms. The highest BCUT2D eigenvalue weighted by molar-refractivity contribution is 5.94. The molecule has 1 aromatic heterocycles. The lowest BCUT2D eigenvalue weighted by Crippen LogP contribution is -2.31. The zero-order valence-corrected chi connectivity index (χ0v) is 13.3. The van der Waals surface area contributed by atoms with E-state index in [4.69, 9.17) is 0 Å². The largest absolute Gasteiger partial charge is 0.345 e. The van der Waals surface area contributed by atoms with E-state index < -0.39 is 0 Å². The molecule has 120 valence electrons. The fraction of sp³-hybridized carbons (Fsp3) is 0.100. The second-order valence-corrected chi connectivity index (χ2v) is 5.60. The number of hydrogen-bond acceptors (Lipinski definition) is 2. The van der Waals surface area contributed by atoms with Gasteiger partial charge in [-0.25, -0.2) is 0 Å². The highest BCUT2D eigenvalue weighted by atomic mass is 16.2. The van der Waals surface area contributed by atoms with Gasteiger partial charge in [0, 0.05) is 6.20 Å². The fourth-order valence-corrected chi connectivity index (χ4v) is 2.55. The van der Waals surface area contributed by atoms with Crippen molar-refractivity contribution in [2.24, 2.45) is 0 Å². The average Bonchev–Trinajstić information content (AvgIpc) is 2.63. The van der Waals surface area contributed by atoms with Crippen LogP contribution in [0.5, 0.6) is 0 Å². The first-order valence-electron chi connectivity index (χ1n) is 7.79. The van der Waals surface area contributed by atoms with Crippen LogP contribution in [0.3, 0.4) is 0 Å². The average molecular weight is 318 g/mol. The van der Waals surface area contributed by atoms with Crippen molar-refractivity contribution >= 4 is 5.91 Å². The van der Waals surface area contributed by atoms with Crippen LogP contribution in [0.1, 0.15) is 28.9 Å². The van der Waals surface area contributed by atoms with Gasteiger partial charge in [0.1, 0.15) is 5.56 Å². The quantitative estimate of drug-likeness (QED) is 0.773. The van der Waals surface area contributed by atoms with Crippen molar-refractivity contribution < 1.29 is 4.79 Å². The Bertz CT molecular complexity index is 883. The van der Waals surface area contributed by atoms with Crippen LogP contribution in [-0.4, -0.2) is 10.9 Å². The van der Waals surface area contributed by atoms with Gasteiger partial charge in [0.2, 0.25) is 0 Å². The first-order chi connectivity index (χ1) is 11.6. The van der Waals surface area contributed by atoms with E-state index in [1.165, 1.54) is 12.3 Å². The first-order valence-corrected chi connectivity index (χ1v) is 7.79. The van der Waals surface area contributed by atoms with Crippen LogP contribution in [0.15, 0.2) is 77.7 Å². The number of H-pyrrole nitrogens is 1. The first kappa shape index (κ1) is 15.7. The highest BCUT2D eigenvalue weighted by Crippen LogP contribution is 2.21. The number of carbonyl (C=O) groups is 1. The van der Waals surface area contributed by atoms with Gasteiger partial charge in [-0.05, 0) is 35.7 Å². The number of benzene rings is 2. The zero-order chi connectivity index (χ0) is 16.9. The number of carbonyl (C=O) groups excluding carboxylic acids is 1. The van der Waals surface area contributed by atoms with E-state index >= 15 is 0 Å². The van der Waals surface area contributed by atoms with Crippen molar-refractivity contribution in [1.29, 1.82) is 0 Å². The summed E-state index contributed by atoms with van der Waals surface area (Å²) in [7, 11) is 0. The summed E-state index contributed by atoms with van der Waals surface area (Å²) in [5.41, 5.74) is 2.98. The third-order valence-corrected chi connectivity index (χ3v) is 3.93. The third kappa shape index (κ3) is 3.43. The Morgan fingerprint density at radius 1 is 0.917 bits per heavy atom. The van der Waals surface area contributed by atoms with Gasteiger partial charge in [-0.1, -0.05) is 54.6 Å². The molecular weight excluding hydrogens is 300 g/mol. The monoisotopic (exact) mass is 318 g/mol. The third-order valence-electron chi connectivity index (χ3n) is 3.93. The number of amides is 1. The standard InChI is InChI=1S/C20H18N2O2/c1-14(22-20(24)18-8-5-13-21-19(18)23)15-9-11-17(12-10-15)16-6-3-2-4-7-16/h2-14H,1H3,(H,21,23)(H,22,24)/t14-/m1/s1. The molecule has 2 aromatic carbocycles. The summed E-state index contributed by atoms with van der Waals surface area (Å²) in [5.74, 6) is -0.378. The van der Waals surface area contributed by atoms with Crippen LogP contribution in [0.4, 0.5) is 0 Å². The minimum absolute atomic E-state index is 0.116. The van der Waals surface area contributed by atoms with Gasteiger partial charge in [-0.2, -0.15) is 0 Å². The predicted molar refractivity (Wildman–Crippen MR) is 94.8 cm³/mol. The summed E-state index contributed by atoms with van der Waals surface area (Å²) in [5, 5.41) is 2.85. The molecule has 0 radical (unpaired) electrons. The van der Waals surface area contributed by atoms with E-state index in [0.717, 1.165) is 16.7 Å². The molecule has 1 heterocycles. The normalized spacial score (nSPS) is 11.7. The van der Waals surface area contributed by atoms with E-state index in [0.29, 0.717) is 0 Å². The molecule has 24 heavy (non-hydrogen) atoms. The van der Waals surface area contributed by atoms with Crippen molar-refractivity contribution in [2.75, 3.05) is 0 Å². The maximum atomic E-state index is 12.2. The molecule has 1 amide bonds. The molecule has 0 aliphatic rings. The topological polar surface area (TPSA) is 62.0 Å². The lowest BCUT2D eigenvalue weighted by atomic mass is 10.0. The minimum atomic E-state index is -0.387. The fourth-order valence-electron chi connectivity index (χ4n) is 2.55. The van der Waals surface area contributed by atoms with Gasteiger partial charge in [0.25, 0.3) is 11.5 Å². The van der Waals surface area contributed by atoms with E-state index in [-0.39, 0.29) is 23.1 Å². The number of nitrogens with one attached hydrogen (secondary N) is 2. The number of aromatic nitrogens is 1. The second kappa shape index (κ2) is 6.96. The molecule has 3 aromatic rings. The molecule has 4 nitrogen and oxygen atoms in total. The van der Waals surface area contributed by atoms with Gasteiger partial charge in [0.05, 0.1) is 6.04 Å². The van der Waals surface area contributed by atoms with Gasteiger partial charge in [-0.15, -0.1) is 0 Å². The van der Waals surface area contributed by atoms with Crippen LogP contribution >= 0.6 is 0 Å². The lowest BCUT2D eigenvalue weighted by Gasteiger charge is -2.14. The smallest absolute Gasteiger partial charge is 0.260 e. The molecule has 0 aliphatic heterocycles. The number of hydrogen-bond donors (Lipinski definition) is 2. The Hall–Kier alpha value is -3.14. The molecule has 2 N–H and O–H groups in total. The molecule has 0 saturated carbocycles. The molecule has 0 fully saturated rings. The maximum Gasteiger partial charge on any atom is 0.260 e. The summed E-state index contributed by atoms with van der Waals surface area (Å²) >= 11 is 0. The Morgan fingerprint density at radius 3 is 2.25 bits per heavy atom. The van der Waals surface area contributed by atoms with E-state index in [9.17, 15) is 9.59 Å². The van der Waals surface area contributed by atoms with Crippen LogP contribution in [0, 0.1) is 0 Å². The van der Waals surface area contributed by atoms with E-state index in [1.807, 2.05) is 49.4 Å². The van der Waals surface area contributed by atoms with Crippen LogP contribution in [0.2, 0.25) is 0 Å². The summed E-state index contributed by atoms with van der Waals surface area (Å²) in [4.78, 5) is 26.4. The molecule has 0 unspecified atom stereocenters. The van der Waals surface area contributed by atoms with Gasteiger partial charge in [0.15, 0.2) is 0 Å². The van der Waals surface area contributed by atoms with E-state index in [1.54, 1.807) is 6.07 Å². The molecule has 3 rings (SSSR count). The van der Waals surface area contributed by atoms with Crippen molar-refractivity contribution in [3.8, 4) is 11.1 Å². The predicted octanol–water partition coefficient (Wildman–Crippen LogP) is 3.53. The van der Waals surface area contributed by atoms with Gasteiger partial charge >= 0.3 is 0 Å². The summed E-state index contributed by atoms with van der Waals surface area (Å²) in [6.45, 7) is 1.90. The lowest BCUT2D eigenvalue weighted by molar-refractivity contribution is 0.0938. The molecular formula is C20H18N2O2. The Morgan fingerprint density at radius 2 is 1.58 bits per heavy atom. The highest BCUT2D eigenvalue weighted by Gasteiger charge is 2.14. The van der Waals surface area contributed by atoms with Gasteiger partial charge in [-0.3, -0.25) is 9.59 Å². The van der Waals surface area contributed by atoms with Crippen molar-refractivity contribution in [1.82, 2.24) is 10.3 Å². The SMILES string of the molecule is C[C@@H](NC(=O)c1ccc[nH]c1=O)c1ccc(-c2ccccc2)cc1. The Balaban J connectivity index is 1.74.